The lowest BCUT2D eigenvalue weighted by Crippen LogP contribution is -2.36. The van der Waals surface area contributed by atoms with Crippen molar-refractivity contribution in [2.45, 2.75) is 18.9 Å². The van der Waals surface area contributed by atoms with Gasteiger partial charge in [-0.3, -0.25) is 0 Å². The molecule has 1 aromatic heterocycles. The van der Waals surface area contributed by atoms with Gasteiger partial charge in [-0.15, -0.1) is 0 Å². The first-order chi connectivity index (χ1) is 15.8. The summed E-state index contributed by atoms with van der Waals surface area (Å²) in [6.07, 6.45) is 1.85. The molecule has 2 aromatic carbocycles. The number of carbonyl (C=O) groups is 1. The summed E-state index contributed by atoms with van der Waals surface area (Å²) in [7, 11) is 0. The van der Waals surface area contributed by atoms with Crippen LogP contribution < -0.4 is 10.2 Å². The van der Waals surface area contributed by atoms with Gasteiger partial charge in [0.05, 0.1) is 30.4 Å². The van der Waals surface area contributed by atoms with Crippen LogP contribution in [0.25, 0.3) is 11.0 Å². The van der Waals surface area contributed by atoms with E-state index in [-0.39, 0.29) is 18.4 Å². The number of nitrogens with one attached hydrogen (secondary N) is 1. The molecule has 2 fully saturated rings. The summed E-state index contributed by atoms with van der Waals surface area (Å²) in [5.74, 6) is -0.133. The summed E-state index contributed by atoms with van der Waals surface area (Å²) in [5.41, 5.74) is 3.47. The molecule has 0 aliphatic carbocycles. The van der Waals surface area contributed by atoms with E-state index in [1.807, 2.05) is 36.4 Å². The van der Waals surface area contributed by atoms with Crippen LogP contribution in [-0.2, 0) is 14.2 Å². The number of rotatable bonds is 6. The Bertz CT molecular complexity index is 1080. The van der Waals surface area contributed by atoms with Crippen molar-refractivity contribution in [3.63, 3.8) is 0 Å². The maximum Gasteiger partial charge on any atom is 0.360 e. The molecule has 3 heterocycles. The Morgan fingerprint density at radius 2 is 1.78 bits per heavy atom. The average Bonchev–Trinajstić information content (AvgIpc) is 3.37. The zero-order chi connectivity index (χ0) is 21.8. The Hall–Kier alpha value is -3.23. The van der Waals surface area contributed by atoms with E-state index in [1.165, 1.54) is 0 Å². The summed E-state index contributed by atoms with van der Waals surface area (Å²) in [4.78, 5) is 24.4. The monoisotopic (exact) mass is 434 g/mol. The highest BCUT2D eigenvalue weighted by Gasteiger charge is 2.22. The number of hydrogen-bond donors (Lipinski definition) is 1. The van der Waals surface area contributed by atoms with Gasteiger partial charge >= 0.3 is 5.97 Å². The van der Waals surface area contributed by atoms with Crippen molar-refractivity contribution >= 4 is 34.2 Å². The van der Waals surface area contributed by atoms with E-state index >= 15 is 0 Å². The molecule has 1 N–H and O–H groups in total. The second-order valence-electron chi connectivity index (χ2n) is 7.91. The van der Waals surface area contributed by atoms with Crippen LogP contribution in [0.1, 0.15) is 23.3 Å². The molecule has 2 aliphatic rings. The average molecular weight is 434 g/mol. The van der Waals surface area contributed by atoms with E-state index in [1.54, 1.807) is 0 Å². The van der Waals surface area contributed by atoms with Gasteiger partial charge < -0.3 is 24.4 Å². The van der Waals surface area contributed by atoms with Crippen molar-refractivity contribution in [2.75, 3.05) is 49.7 Å². The number of morpholine rings is 1. The molecule has 0 amide bonds. The summed E-state index contributed by atoms with van der Waals surface area (Å²) in [6, 6.07) is 15.5. The maximum atomic E-state index is 12.9. The molecule has 2 saturated heterocycles. The molecule has 0 bridgehead atoms. The smallest absolute Gasteiger partial charge is 0.360 e. The van der Waals surface area contributed by atoms with Crippen molar-refractivity contribution < 1.29 is 19.0 Å². The maximum absolute atomic E-state index is 12.9. The Morgan fingerprint density at radius 3 is 2.50 bits per heavy atom. The van der Waals surface area contributed by atoms with Gasteiger partial charge in [-0.1, -0.05) is 12.1 Å². The van der Waals surface area contributed by atoms with Gasteiger partial charge in [-0.2, -0.15) is 0 Å². The van der Waals surface area contributed by atoms with Gasteiger partial charge in [0.25, 0.3) is 0 Å². The fourth-order valence-corrected chi connectivity index (χ4v) is 3.96. The lowest BCUT2D eigenvalue weighted by atomic mass is 10.2. The van der Waals surface area contributed by atoms with Gasteiger partial charge in [0.1, 0.15) is 6.61 Å². The fraction of sp³-hybridized carbons (Fsp3) is 0.375. The lowest BCUT2D eigenvalue weighted by Gasteiger charge is -2.28. The molecular formula is C24H26N4O4. The highest BCUT2D eigenvalue weighted by molar-refractivity contribution is 5.96. The number of para-hydroxylation sites is 2. The van der Waals surface area contributed by atoms with Gasteiger partial charge in [0, 0.05) is 31.1 Å². The van der Waals surface area contributed by atoms with Crippen LogP contribution in [0.2, 0.25) is 0 Å². The van der Waals surface area contributed by atoms with Crippen LogP contribution in [0.3, 0.4) is 0 Å². The fourth-order valence-electron chi connectivity index (χ4n) is 3.96. The largest absolute Gasteiger partial charge is 0.458 e. The van der Waals surface area contributed by atoms with Crippen LogP contribution in [0.5, 0.6) is 0 Å². The third-order valence-electron chi connectivity index (χ3n) is 5.69. The number of carbonyl (C=O) groups excluding carboxylic acids is 1. The molecule has 5 rings (SSSR count). The summed E-state index contributed by atoms with van der Waals surface area (Å²) in [5, 5.41) is 3.25. The number of esters is 1. The second-order valence-corrected chi connectivity index (χ2v) is 7.91. The molecule has 8 nitrogen and oxygen atoms in total. The van der Waals surface area contributed by atoms with E-state index in [0.717, 1.165) is 50.5 Å². The van der Waals surface area contributed by atoms with E-state index in [4.69, 9.17) is 14.2 Å². The van der Waals surface area contributed by atoms with Crippen molar-refractivity contribution in [1.29, 1.82) is 0 Å². The minimum atomic E-state index is -0.508. The first-order valence-corrected chi connectivity index (χ1v) is 11.0. The summed E-state index contributed by atoms with van der Waals surface area (Å²) < 4.78 is 16.5. The SMILES string of the molecule is O=C(OCC1CCCO1)c1nc2ccccc2nc1Nc1ccc(N2CCOCC2)cc1. The van der Waals surface area contributed by atoms with E-state index in [9.17, 15) is 4.79 Å². The number of benzene rings is 2. The number of anilines is 3. The van der Waals surface area contributed by atoms with Crippen LogP contribution >= 0.6 is 0 Å². The highest BCUT2D eigenvalue weighted by atomic mass is 16.6. The van der Waals surface area contributed by atoms with Crippen molar-refractivity contribution in [2.24, 2.45) is 0 Å². The van der Waals surface area contributed by atoms with Crippen molar-refractivity contribution in [3.05, 3.63) is 54.2 Å². The standard InChI is InChI=1S/C24H26N4O4/c29-24(32-16-19-4-3-13-31-19)22-23(27-21-6-2-1-5-20(21)26-22)25-17-7-9-18(10-8-17)28-11-14-30-15-12-28/h1-2,5-10,19H,3-4,11-16H2,(H,25,27). The quantitative estimate of drug-likeness (QED) is 0.590. The van der Waals surface area contributed by atoms with Gasteiger partial charge in [-0.25, -0.2) is 14.8 Å². The molecule has 1 atom stereocenters. The molecule has 166 valence electrons. The Balaban J connectivity index is 1.37. The van der Waals surface area contributed by atoms with Crippen LogP contribution in [0, 0.1) is 0 Å². The number of hydrogen-bond acceptors (Lipinski definition) is 8. The molecule has 2 aliphatic heterocycles. The number of ether oxygens (including phenoxy) is 3. The van der Waals surface area contributed by atoms with E-state index in [2.05, 4.69) is 32.3 Å². The minimum absolute atomic E-state index is 0.0449. The Kier molecular flexibility index (Phi) is 6.13. The molecule has 1 unspecified atom stereocenters. The predicted molar refractivity (Wildman–Crippen MR) is 122 cm³/mol. The number of fused-ring (bicyclic) bond motifs is 1. The Labute approximate surface area is 186 Å². The Morgan fingerprint density at radius 1 is 1.03 bits per heavy atom. The molecule has 32 heavy (non-hydrogen) atoms. The summed E-state index contributed by atoms with van der Waals surface area (Å²) >= 11 is 0. The first-order valence-electron chi connectivity index (χ1n) is 11.0. The zero-order valence-electron chi connectivity index (χ0n) is 17.8. The van der Waals surface area contributed by atoms with Crippen LogP contribution in [-0.4, -0.2) is 61.6 Å². The zero-order valence-corrected chi connectivity index (χ0v) is 17.8. The van der Waals surface area contributed by atoms with Crippen molar-refractivity contribution in [1.82, 2.24) is 9.97 Å². The van der Waals surface area contributed by atoms with E-state index < -0.39 is 5.97 Å². The molecule has 0 saturated carbocycles. The van der Waals surface area contributed by atoms with Gasteiger partial charge in [-0.05, 0) is 49.2 Å². The van der Waals surface area contributed by atoms with E-state index in [0.29, 0.717) is 23.5 Å². The van der Waals surface area contributed by atoms with Crippen LogP contribution in [0.15, 0.2) is 48.5 Å². The molecule has 3 aromatic rings. The van der Waals surface area contributed by atoms with Gasteiger partial charge in [0.2, 0.25) is 0 Å². The normalized spacial score (nSPS) is 18.6. The third kappa shape index (κ3) is 4.66. The molecule has 0 radical (unpaired) electrons. The topological polar surface area (TPSA) is 85.8 Å². The van der Waals surface area contributed by atoms with Crippen LogP contribution in [0.4, 0.5) is 17.2 Å². The molecular weight excluding hydrogens is 408 g/mol. The second kappa shape index (κ2) is 9.50. The first kappa shape index (κ1) is 20.7. The van der Waals surface area contributed by atoms with Gasteiger partial charge in [0.15, 0.2) is 11.5 Å². The number of aromatic nitrogens is 2. The van der Waals surface area contributed by atoms with Crippen molar-refractivity contribution in [3.8, 4) is 0 Å². The third-order valence-corrected chi connectivity index (χ3v) is 5.69. The predicted octanol–water partition coefficient (Wildman–Crippen LogP) is 3.55. The minimum Gasteiger partial charge on any atom is -0.458 e. The molecule has 8 heteroatoms. The highest BCUT2D eigenvalue weighted by Crippen LogP contribution is 2.25. The summed E-state index contributed by atoms with van der Waals surface area (Å²) in [6.45, 7) is 4.17. The number of nitrogens with zero attached hydrogens (tertiary/aromatic N) is 3. The lowest BCUT2D eigenvalue weighted by molar-refractivity contribution is 0.0157. The molecule has 0 spiro atoms.